The molecule has 0 saturated carbocycles. The van der Waals surface area contributed by atoms with Crippen molar-refractivity contribution in [2.45, 2.75) is 24.9 Å². The van der Waals surface area contributed by atoms with E-state index in [4.69, 9.17) is 22.1 Å². The number of imidazole rings is 1. The fourth-order valence-corrected chi connectivity index (χ4v) is 2.39. The summed E-state index contributed by atoms with van der Waals surface area (Å²) in [6.07, 6.45) is -0.662. The van der Waals surface area contributed by atoms with Crippen LogP contribution in [-0.4, -0.2) is 48.5 Å². The molecule has 2 aromatic heterocycles. The zero-order chi connectivity index (χ0) is 13.8. The van der Waals surface area contributed by atoms with E-state index < -0.39 is 17.9 Å². The van der Waals surface area contributed by atoms with Crippen molar-refractivity contribution in [3.63, 3.8) is 0 Å². The van der Waals surface area contributed by atoms with Gasteiger partial charge < -0.3 is 20.7 Å². The maximum Gasteiger partial charge on any atom is 0.226 e. The Labute approximate surface area is 112 Å². The van der Waals surface area contributed by atoms with Crippen molar-refractivity contribution < 1.29 is 14.9 Å². The van der Waals surface area contributed by atoms with E-state index in [0.717, 1.165) is 0 Å². The van der Waals surface area contributed by atoms with Crippen molar-refractivity contribution in [3.05, 3.63) is 11.6 Å². The number of halogens is 1. The van der Waals surface area contributed by atoms with E-state index in [2.05, 4.69) is 15.0 Å². The number of ether oxygens (including phenoxy) is 1. The quantitative estimate of drug-likeness (QED) is 0.603. The Morgan fingerprint density at radius 3 is 2.89 bits per heavy atom. The number of anilines is 1. The maximum absolute atomic E-state index is 10.1. The molecule has 1 aliphatic heterocycles. The van der Waals surface area contributed by atoms with Crippen LogP contribution in [0, 0.1) is 0 Å². The highest BCUT2D eigenvalue weighted by molar-refractivity contribution is 6.28. The van der Waals surface area contributed by atoms with Crippen LogP contribution < -0.4 is 5.73 Å². The van der Waals surface area contributed by atoms with Crippen molar-refractivity contribution in [1.29, 1.82) is 0 Å². The minimum atomic E-state index is -1.18. The second-order valence-electron chi connectivity index (χ2n) is 4.54. The SMILES string of the molecule is C[C@]1(n2cnc3c(N)nc(Cl)nc32)OC[C@H](O)[C@@H]1O. The molecule has 102 valence electrons. The number of rotatable bonds is 1. The minimum Gasteiger partial charge on any atom is -0.388 e. The molecule has 8 nitrogen and oxygen atoms in total. The van der Waals surface area contributed by atoms with E-state index in [9.17, 15) is 10.2 Å². The average molecular weight is 286 g/mol. The number of aliphatic hydroxyl groups is 2. The molecule has 4 N–H and O–H groups in total. The molecule has 3 atom stereocenters. The molecule has 9 heteroatoms. The highest BCUT2D eigenvalue weighted by atomic mass is 35.5. The van der Waals surface area contributed by atoms with Crippen LogP contribution in [0.15, 0.2) is 6.33 Å². The molecule has 0 aliphatic carbocycles. The molecule has 0 radical (unpaired) electrons. The first-order valence-corrected chi connectivity index (χ1v) is 5.98. The summed E-state index contributed by atoms with van der Waals surface area (Å²) in [4.78, 5) is 11.9. The van der Waals surface area contributed by atoms with E-state index in [-0.39, 0.29) is 17.7 Å². The van der Waals surface area contributed by atoms with Crippen LogP contribution in [0.1, 0.15) is 6.92 Å². The molecular formula is C10H12ClN5O3. The molecule has 0 unspecified atom stereocenters. The second-order valence-corrected chi connectivity index (χ2v) is 4.88. The second kappa shape index (κ2) is 4.01. The van der Waals surface area contributed by atoms with Gasteiger partial charge in [-0.25, -0.2) is 4.98 Å². The summed E-state index contributed by atoms with van der Waals surface area (Å²) in [6.45, 7) is 1.65. The molecule has 0 amide bonds. The molecule has 19 heavy (non-hydrogen) atoms. The van der Waals surface area contributed by atoms with Crippen molar-refractivity contribution in [3.8, 4) is 0 Å². The lowest BCUT2D eigenvalue weighted by Crippen LogP contribution is -2.42. The first-order valence-electron chi connectivity index (χ1n) is 5.60. The van der Waals surface area contributed by atoms with Gasteiger partial charge >= 0.3 is 0 Å². The summed E-state index contributed by atoms with van der Waals surface area (Å²) < 4.78 is 6.97. The van der Waals surface area contributed by atoms with Crippen LogP contribution in [0.2, 0.25) is 5.28 Å². The zero-order valence-electron chi connectivity index (χ0n) is 9.99. The molecule has 0 aromatic carbocycles. The van der Waals surface area contributed by atoms with E-state index >= 15 is 0 Å². The van der Waals surface area contributed by atoms with Gasteiger partial charge in [0.1, 0.15) is 17.7 Å². The Morgan fingerprint density at radius 2 is 2.26 bits per heavy atom. The first-order chi connectivity index (χ1) is 8.93. The summed E-state index contributed by atoms with van der Waals surface area (Å²) >= 11 is 5.77. The van der Waals surface area contributed by atoms with Gasteiger partial charge in [0.25, 0.3) is 0 Å². The Hall–Kier alpha value is -1.48. The monoisotopic (exact) mass is 285 g/mol. The number of hydrogen-bond donors (Lipinski definition) is 3. The van der Waals surface area contributed by atoms with Crippen molar-refractivity contribution in [1.82, 2.24) is 19.5 Å². The standard InChI is InChI=1S/C10H12ClN5O3/c1-10(6(18)4(17)2-19-10)16-3-13-5-7(12)14-9(11)15-8(5)16/h3-4,6,17-18H,2H2,1H3,(H2,12,14,15)/t4-,6-,10-/m0/s1. The molecule has 1 fully saturated rings. The van der Waals surface area contributed by atoms with E-state index in [0.29, 0.717) is 11.2 Å². The third-order valence-electron chi connectivity index (χ3n) is 3.33. The lowest BCUT2D eigenvalue weighted by Gasteiger charge is -2.29. The third-order valence-corrected chi connectivity index (χ3v) is 3.50. The van der Waals surface area contributed by atoms with Gasteiger partial charge in [0.2, 0.25) is 5.28 Å². The molecule has 1 aliphatic rings. The first kappa shape index (κ1) is 12.5. The van der Waals surface area contributed by atoms with E-state index in [1.807, 2.05) is 0 Å². The number of aromatic nitrogens is 4. The molecule has 3 rings (SSSR count). The normalized spacial score (nSPS) is 31.2. The molecular weight excluding hydrogens is 274 g/mol. The predicted molar refractivity (Wildman–Crippen MR) is 66.4 cm³/mol. The summed E-state index contributed by atoms with van der Waals surface area (Å²) in [5.74, 6) is 0.144. The number of hydrogen-bond acceptors (Lipinski definition) is 7. The van der Waals surface area contributed by atoms with Gasteiger partial charge in [-0.2, -0.15) is 9.97 Å². The molecule has 1 saturated heterocycles. The van der Waals surface area contributed by atoms with Crippen LogP contribution in [0.3, 0.4) is 0 Å². The summed E-state index contributed by atoms with van der Waals surface area (Å²) in [6, 6.07) is 0. The van der Waals surface area contributed by atoms with Crippen molar-refractivity contribution in [2.24, 2.45) is 0 Å². The summed E-state index contributed by atoms with van der Waals surface area (Å²) in [5, 5.41) is 19.7. The van der Waals surface area contributed by atoms with Crippen molar-refractivity contribution >= 4 is 28.6 Å². The predicted octanol–water partition coefficient (Wildman–Crippen LogP) is -0.513. The van der Waals surface area contributed by atoms with Gasteiger partial charge in [-0.05, 0) is 18.5 Å². The van der Waals surface area contributed by atoms with Crippen LogP contribution in [0.5, 0.6) is 0 Å². The van der Waals surface area contributed by atoms with Gasteiger partial charge in [0.15, 0.2) is 17.2 Å². The van der Waals surface area contributed by atoms with E-state index in [1.54, 1.807) is 6.92 Å². The summed E-state index contributed by atoms with van der Waals surface area (Å²) in [7, 11) is 0. The molecule has 2 aromatic rings. The number of fused-ring (bicyclic) bond motifs is 1. The molecule has 3 heterocycles. The lowest BCUT2D eigenvalue weighted by atomic mass is 10.1. The Bertz CT molecular complexity index is 647. The Kier molecular flexibility index (Phi) is 2.65. The summed E-state index contributed by atoms with van der Waals surface area (Å²) in [5.41, 5.74) is 5.23. The van der Waals surface area contributed by atoms with Gasteiger partial charge in [-0.1, -0.05) is 0 Å². The molecule has 0 spiro atoms. The minimum absolute atomic E-state index is 0.0195. The molecule has 0 bridgehead atoms. The van der Waals surface area contributed by atoms with Crippen LogP contribution in [0.25, 0.3) is 11.2 Å². The van der Waals surface area contributed by atoms with E-state index in [1.165, 1.54) is 10.9 Å². The third kappa shape index (κ3) is 1.68. The fraction of sp³-hybridized carbons (Fsp3) is 0.500. The van der Waals surface area contributed by atoms with Crippen LogP contribution in [-0.2, 0) is 10.5 Å². The number of aliphatic hydroxyl groups excluding tert-OH is 2. The number of nitrogens with two attached hydrogens (primary N) is 1. The number of nitrogen functional groups attached to an aromatic ring is 1. The van der Waals surface area contributed by atoms with Crippen LogP contribution >= 0.6 is 11.6 Å². The lowest BCUT2D eigenvalue weighted by molar-refractivity contribution is -0.107. The van der Waals surface area contributed by atoms with Crippen molar-refractivity contribution in [2.75, 3.05) is 12.3 Å². The topological polar surface area (TPSA) is 119 Å². The maximum atomic E-state index is 10.1. The largest absolute Gasteiger partial charge is 0.388 e. The van der Waals surface area contributed by atoms with Gasteiger partial charge in [0.05, 0.1) is 12.9 Å². The fourth-order valence-electron chi connectivity index (χ4n) is 2.22. The van der Waals surface area contributed by atoms with Gasteiger partial charge in [-0.15, -0.1) is 0 Å². The smallest absolute Gasteiger partial charge is 0.226 e. The number of nitrogens with zero attached hydrogens (tertiary/aromatic N) is 4. The highest BCUT2D eigenvalue weighted by Crippen LogP contribution is 2.34. The Morgan fingerprint density at radius 1 is 1.53 bits per heavy atom. The van der Waals surface area contributed by atoms with Gasteiger partial charge in [-0.3, -0.25) is 4.57 Å². The average Bonchev–Trinajstić information content (AvgIpc) is 2.88. The zero-order valence-corrected chi connectivity index (χ0v) is 10.7. The Balaban J connectivity index is 2.21. The van der Waals surface area contributed by atoms with Gasteiger partial charge in [0, 0.05) is 0 Å². The highest BCUT2D eigenvalue weighted by Gasteiger charge is 2.47. The van der Waals surface area contributed by atoms with Crippen LogP contribution in [0.4, 0.5) is 5.82 Å².